The molecule has 0 saturated carbocycles. The van der Waals surface area contributed by atoms with Crippen molar-refractivity contribution in [2.45, 2.75) is 12.2 Å². The van der Waals surface area contributed by atoms with Crippen LogP contribution in [0.3, 0.4) is 0 Å². The number of amidine groups is 1. The minimum absolute atomic E-state index is 0.271. The molecule has 5 heteroatoms. The van der Waals surface area contributed by atoms with Crippen molar-refractivity contribution in [3.05, 3.63) is 28.5 Å². The third-order valence-electron chi connectivity index (χ3n) is 2.00. The lowest BCUT2D eigenvalue weighted by Crippen LogP contribution is -2.08. The van der Waals surface area contributed by atoms with Gasteiger partial charge in [0, 0.05) is 9.72 Å². The van der Waals surface area contributed by atoms with Crippen LogP contribution in [0.15, 0.2) is 27.7 Å². The second kappa shape index (κ2) is 4.53. The van der Waals surface area contributed by atoms with Gasteiger partial charge in [-0.15, -0.1) is 0 Å². The summed E-state index contributed by atoms with van der Waals surface area (Å²) in [6.45, 7) is 2.89. The van der Waals surface area contributed by atoms with E-state index in [9.17, 15) is 4.39 Å². The number of benzene rings is 1. The smallest absolute Gasteiger partial charge is 0.161 e. The monoisotopic (exact) mass is 288 g/mol. The Morgan fingerprint density at radius 2 is 2.40 bits per heavy atom. The zero-order valence-electron chi connectivity index (χ0n) is 8.13. The van der Waals surface area contributed by atoms with E-state index < -0.39 is 0 Å². The maximum Gasteiger partial charge on any atom is 0.161 e. The summed E-state index contributed by atoms with van der Waals surface area (Å²) in [6.07, 6.45) is 0. The van der Waals surface area contributed by atoms with Crippen molar-refractivity contribution in [1.82, 2.24) is 0 Å². The molecule has 1 N–H and O–H groups in total. The Balaban J connectivity index is 2.18. The van der Waals surface area contributed by atoms with Gasteiger partial charge in [0.2, 0.25) is 0 Å². The van der Waals surface area contributed by atoms with Gasteiger partial charge >= 0.3 is 0 Å². The molecule has 0 radical (unpaired) electrons. The average molecular weight is 289 g/mol. The molecule has 0 aromatic heterocycles. The Morgan fingerprint density at radius 1 is 1.60 bits per heavy atom. The molecule has 80 valence electrons. The van der Waals surface area contributed by atoms with Crippen LogP contribution < -0.4 is 5.32 Å². The summed E-state index contributed by atoms with van der Waals surface area (Å²) in [4.78, 5) is 4.28. The zero-order chi connectivity index (χ0) is 10.8. The first kappa shape index (κ1) is 11.0. The molecule has 0 bridgehead atoms. The predicted molar refractivity (Wildman–Crippen MR) is 67.1 cm³/mol. The van der Waals surface area contributed by atoms with Crippen LogP contribution in [0.5, 0.6) is 0 Å². The first-order chi connectivity index (χ1) is 7.16. The highest BCUT2D eigenvalue weighted by Crippen LogP contribution is 2.28. The Kier molecular flexibility index (Phi) is 3.31. The lowest BCUT2D eigenvalue weighted by atomic mass is 10.3. The molecule has 1 heterocycles. The second-order valence-electron chi connectivity index (χ2n) is 3.30. The number of thioether (sulfide) groups is 1. The third-order valence-corrected chi connectivity index (χ3v) is 3.67. The largest absolute Gasteiger partial charge is 0.332 e. The standard InChI is InChI=1S/C10H10BrFN2S/c1-6-5-13-10(15-6)14-9-7(11)3-2-4-8(9)12/h2-4,6H,5H2,1H3,(H,13,14). The fourth-order valence-corrected chi connectivity index (χ4v) is 2.55. The minimum Gasteiger partial charge on any atom is -0.332 e. The number of aliphatic imine (C=N–C) groups is 1. The first-order valence-corrected chi connectivity index (χ1v) is 6.26. The summed E-state index contributed by atoms with van der Waals surface area (Å²) < 4.78 is 14.2. The molecule has 0 fully saturated rings. The molecule has 1 aliphatic rings. The number of nitrogens with one attached hydrogen (secondary N) is 1. The number of hydrogen-bond donors (Lipinski definition) is 1. The van der Waals surface area contributed by atoms with E-state index in [4.69, 9.17) is 0 Å². The highest BCUT2D eigenvalue weighted by molar-refractivity contribution is 9.10. The molecular formula is C10H10BrFN2S. The number of hydrogen-bond acceptors (Lipinski definition) is 3. The van der Waals surface area contributed by atoms with Crippen molar-refractivity contribution in [2.75, 3.05) is 11.9 Å². The molecule has 0 spiro atoms. The molecule has 1 atom stereocenters. The van der Waals surface area contributed by atoms with E-state index in [1.807, 2.05) is 0 Å². The number of para-hydroxylation sites is 1. The van der Waals surface area contributed by atoms with E-state index in [1.165, 1.54) is 6.07 Å². The minimum atomic E-state index is -0.271. The number of anilines is 1. The quantitative estimate of drug-likeness (QED) is 0.855. The van der Waals surface area contributed by atoms with Crippen LogP contribution in [0.4, 0.5) is 10.1 Å². The van der Waals surface area contributed by atoms with Gasteiger partial charge in [0.25, 0.3) is 0 Å². The third kappa shape index (κ3) is 2.52. The van der Waals surface area contributed by atoms with Crippen molar-refractivity contribution in [2.24, 2.45) is 4.99 Å². The Hall–Kier alpha value is -0.550. The van der Waals surface area contributed by atoms with Crippen LogP contribution in [0, 0.1) is 5.82 Å². The molecule has 2 nitrogen and oxygen atoms in total. The van der Waals surface area contributed by atoms with Gasteiger partial charge < -0.3 is 5.32 Å². The fourth-order valence-electron chi connectivity index (χ4n) is 1.27. The molecule has 0 amide bonds. The summed E-state index contributed by atoms with van der Waals surface area (Å²) in [6, 6.07) is 4.89. The van der Waals surface area contributed by atoms with Gasteiger partial charge in [0.1, 0.15) is 5.82 Å². The molecule has 1 aliphatic heterocycles. The molecule has 1 unspecified atom stereocenters. The summed E-state index contributed by atoms with van der Waals surface area (Å²) in [7, 11) is 0. The summed E-state index contributed by atoms with van der Waals surface area (Å²) in [5.41, 5.74) is 0.456. The molecule has 1 aromatic rings. The molecular weight excluding hydrogens is 279 g/mol. The van der Waals surface area contributed by atoms with Crippen LogP contribution in [-0.4, -0.2) is 17.0 Å². The van der Waals surface area contributed by atoms with E-state index in [2.05, 4.69) is 33.2 Å². The fraction of sp³-hybridized carbons (Fsp3) is 0.300. The van der Waals surface area contributed by atoms with Gasteiger partial charge in [0.05, 0.1) is 12.2 Å². The molecule has 15 heavy (non-hydrogen) atoms. The van der Waals surface area contributed by atoms with Gasteiger partial charge in [-0.05, 0) is 28.1 Å². The number of halogens is 2. The Labute approximate surface area is 100 Å². The molecule has 2 rings (SSSR count). The second-order valence-corrected chi connectivity index (χ2v) is 5.58. The van der Waals surface area contributed by atoms with Crippen LogP contribution in [0.25, 0.3) is 0 Å². The topological polar surface area (TPSA) is 24.4 Å². The van der Waals surface area contributed by atoms with E-state index >= 15 is 0 Å². The lowest BCUT2D eigenvalue weighted by Gasteiger charge is -2.08. The Bertz CT molecular complexity index is 388. The highest BCUT2D eigenvalue weighted by atomic mass is 79.9. The van der Waals surface area contributed by atoms with E-state index in [1.54, 1.807) is 23.9 Å². The summed E-state index contributed by atoms with van der Waals surface area (Å²) in [5.74, 6) is -0.271. The van der Waals surface area contributed by atoms with Crippen LogP contribution in [0.2, 0.25) is 0 Å². The average Bonchev–Trinajstić information content (AvgIpc) is 2.58. The van der Waals surface area contributed by atoms with Crippen molar-refractivity contribution in [3.8, 4) is 0 Å². The first-order valence-electron chi connectivity index (χ1n) is 4.59. The molecule has 0 aliphatic carbocycles. The van der Waals surface area contributed by atoms with Gasteiger partial charge in [0.15, 0.2) is 5.17 Å². The predicted octanol–water partition coefficient (Wildman–Crippen LogP) is 3.49. The van der Waals surface area contributed by atoms with Crippen LogP contribution in [0.1, 0.15) is 6.92 Å². The molecule has 1 aromatic carbocycles. The summed E-state index contributed by atoms with van der Waals surface area (Å²) in [5, 5.41) is 4.25. The highest BCUT2D eigenvalue weighted by Gasteiger charge is 2.17. The van der Waals surface area contributed by atoms with E-state index in [0.717, 1.165) is 11.7 Å². The van der Waals surface area contributed by atoms with Crippen LogP contribution in [-0.2, 0) is 0 Å². The lowest BCUT2D eigenvalue weighted by molar-refractivity contribution is 0.631. The number of rotatable bonds is 1. The maximum atomic E-state index is 13.4. The van der Waals surface area contributed by atoms with E-state index in [0.29, 0.717) is 15.4 Å². The molecule has 0 saturated heterocycles. The SMILES string of the molecule is CC1CN=C(Nc2c(F)cccc2Br)S1. The maximum absolute atomic E-state index is 13.4. The number of nitrogens with zero attached hydrogens (tertiary/aromatic N) is 1. The Morgan fingerprint density at radius 3 is 3.00 bits per heavy atom. The normalized spacial score (nSPS) is 20.2. The zero-order valence-corrected chi connectivity index (χ0v) is 10.5. The van der Waals surface area contributed by atoms with Gasteiger partial charge in [-0.2, -0.15) is 0 Å². The van der Waals surface area contributed by atoms with Crippen LogP contribution >= 0.6 is 27.7 Å². The van der Waals surface area contributed by atoms with E-state index in [-0.39, 0.29) is 5.82 Å². The van der Waals surface area contributed by atoms with Gasteiger partial charge in [-0.25, -0.2) is 4.39 Å². The summed E-state index contributed by atoms with van der Waals surface area (Å²) >= 11 is 4.93. The van der Waals surface area contributed by atoms with Crippen molar-refractivity contribution in [1.29, 1.82) is 0 Å². The van der Waals surface area contributed by atoms with Crippen molar-refractivity contribution < 1.29 is 4.39 Å². The van der Waals surface area contributed by atoms with Gasteiger partial charge in [-0.1, -0.05) is 24.8 Å². The van der Waals surface area contributed by atoms with Gasteiger partial charge in [-0.3, -0.25) is 4.99 Å². The van der Waals surface area contributed by atoms with Crippen molar-refractivity contribution in [3.63, 3.8) is 0 Å². The van der Waals surface area contributed by atoms with Crippen molar-refractivity contribution >= 4 is 38.5 Å².